The Morgan fingerprint density at radius 3 is 2.80 bits per heavy atom. The van der Waals surface area contributed by atoms with Crippen molar-refractivity contribution in [2.75, 3.05) is 20.1 Å². The van der Waals surface area contributed by atoms with Crippen molar-refractivity contribution in [2.45, 2.75) is 19.4 Å². The molecule has 0 saturated carbocycles. The first-order valence-corrected chi connectivity index (χ1v) is 3.75. The minimum atomic E-state index is -0.261. The maximum Gasteiger partial charge on any atom is 0.0734 e. The van der Waals surface area contributed by atoms with Gasteiger partial charge in [0.2, 0.25) is 0 Å². The first-order valence-electron chi connectivity index (χ1n) is 3.75. The van der Waals surface area contributed by atoms with Crippen molar-refractivity contribution in [3.05, 3.63) is 11.6 Å². The van der Waals surface area contributed by atoms with Gasteiger partial charge in [-0.3, -0.25) is 0 Å². The van der Waals surface area contributed by atoms with E-state index in [1.165, 1.54) is 0 Å². The Kier molecular flexibility index (Phi) is 2.46. The molecule has 58 valence electrons. The number of aliphatic hydroxyl groups excluding tert-OH is 1. The fourth-order valence-electron chi connectivity index (χ4n) is 1.23. The van der Waals surface area contributed by atoms with Crippen LogP contribution in [0.4, 0.5) is 0 Å². The monoisotopic (exact) mass is 141 g/mol. The molecule has 1 heterocycles. The van der Waals surface area contributed by atoms with E-state index in [0.29, 0.717) is 0 Å². The van der Waals surface area contributed by atoms with Crippen molar-refractivity contribution in [2.24, 2.45) is 0 Å². The van der Waals surface area contributed by atoms with Gasteiger partial charge in [0.05, 0.1) is 6.10 Å². The number of likely N-dealkylation sites (N-methyl/N-ethyl adjacent to an activating group) is 1. The molecule has 0 amide bonds. The lowest BCUT2D eigenvalue weighted by molar-refractivity contribution is 0.209. The number of nitrogens with zero attached hydrogens (tertiary/aromatic N) is 1. The Bertz CT molecular complexity index is 140. The van der Waals surface area contributed by atoms with E-state index < -0.39 is 0 Å². The molecule has 0 spiro atoms. The first kappa shape index (κ1) is 7.76. The van der Waals surface area contributed by atoms with Gasteiger partial charge in [-0.1, -0.05) is 6.08 Å². The van der Waals surface area contributed by atoms with Crippen molar-refractivity contribution < 1.29 is 5.11 Å². The molecule has 0 aromatic heterocycles. The summed E-state index contributed by atoms with van der Waals surface area (Å²) in [5.74, 6) is 0. The van der Waals surface area contributed by atoms with Gasteiger partial charge in [0.15, 0.2) is 0 Å². The summed E-state index contributed by atoms with van der Waals surface area (Å²) in [4.78, 5) is 2.22. The summed E-state index contributed by atoms with van der Waals surface area (Å²) >= 11 is 0. The predicted octanol–water partition coefficient (Wildman–Crippen LogP) is 0.629. The lowest BCUT2D eigenvalue weighted by Gasteiger charge is -2.24. The second-order valence-corrected chi connectivity index (χ2v) is 2.98. The summed E-state index contributed by atoms with van der Waals surface area (Å²) in [5, 5.41) is 9.20. The molecule has 0 fully saturated rings. The molecule has 1 aliphatic rings. The SMILES string of the molecule is C[C@H](O)C1=CCCN(C)C1. The smallest absolute Gasteiger partial charge is 0.0734 e. The highest BCUT2D eigenvalue weighted by molar-refractivity contribution is 5.11. The summed E-state index contributed by atoms with van der Waals surface area (Å²) in [7, 11) is 2.08. The molecule has 1 rings (SSSR count). The molecule has 1 N–H and O–H groups in total. The molecule has 2 heteroatoms. The Balaban J connectivity index is 2.51. The van der Waals surface area contributed by atoms with E-state index in [1.807, 2.05) is 6.92 Å². The second-order valence-electron chi connectivity index (χ2n) is 2.98. The van der Waals surface area contributed by atoms with E-state index in [1.54, 1.807) is 0 Å². The maximum absolute atomic E-state index is 9.20. The molecular weight excluding hydrogens is 126 g/mol. The molecule has 10 heavy (non-hydrogen) atoms. The summed E-state index contributed by atoms with van der Waals surface area (Å²) < 4.78 is 0. The molecular formula is C8H15NO. The Labute approximate surface area is 62.2 Å². The van der Waals surface area contributed by atoms with Crippen molar-refractivity contribution >= 4 is 0 Å². The van der Waals surface area contributed by atoms with Crippen LogP contribution in [0, 0.1) is 0 Å². The van der Waals surface area contributed by atoms with Crippen LogP contribution in [0.5, 0.6) is 0 Å². The van der Waals surface area contributed by atoms with Gasteiger partial charge in [-0.2, -0.15) is 0 Å². The minimum Gasteiger partial charge on any atom is -0.389 e. The molecule has 0 unspecified atom stereocenters. The maximum atomic E-state index is 9.20. The number of hydrogen-bond acceptors (Lipinski definition) is 2. The van der Waals surface area contributed by atoms with Gasteiger partial charge in [0.25, 0.3) is 0 Å². The van der Waals surface area contributed by atoms with Gasteiger partial charge in [0.1, 0.15) is 0 Å². The molecule has 2 nitrogen and oxygen atoms in total. The fourth-order valence-corrected chi connectivity index (χ4v) is 1.23. The van der Waals surface area contributed by atoms with Crippen LogP contribution in [0.2, 0.25) is 0 Å². The molecule has 0 aliphatic carbocycles. The van der Waals surface area contributed by atoms with Crippen LogP contribution in [0.15, 0.2) is 11.6 Å². The summed E-state index contributed by atoms with van der Waals surface area (Å²) in [6.45, 7) is 3.87. The van der Waals surface area contributed by atoms with Crippen molar-refractivity contribution in [1.82, 2.24) is 4.90 Å². The lowest BCUT2D eigenvalue weighted by atomic mass is 10.1. The van der Waals surface area contributed by atoms with Gasteiger partial charge < -0.3 is 10.0 Å². The Morgan fingerprint density at radius 2 is 2.40 bits per heavy atom. The molecule has 0 radical (unpaired) electrons. The van der Waals surface area contributed by atoms with Crippen LogP contribution >= 0.6 is 0 Å². The first-order chi connectivity index (χ1) is 4.70. The average molecular weight is 141 g/mol. The van der Waals surface area contributed by atoms with Crippen molar-refractivity contribution in [1.29, 1.82) is 0 Å². The Morgan fingerprint density at radius 1 is 1.70 bits per heavy atom. The number of rotatable bonds is 1. The van der Waals surface area contributed by atoms with Crippen molar-refractivity contribution in [3.8, 4) is 0 Å². The molecule has 1 atom stereocenters. The summed E-state index contributed by atoms with van der Waals surface area (Å²) in [6, 6.07) is 0. The topological polar surface area (TPSA) is 23.5 Å². The summed E-state index contributed by atoms with van der Waals surface area (Å²) in [6.07, 6.45) is 2.96. The van der Waals surface area contributed by atoms with Gasteiger partial charge in [0, 0.05) is 13.1 Å². The van der Waals surface area contributed by atoms with Crippen molar-refractivity contribution in [3.63, 3.8) is 0 Å². The van der Waals surface area contributed by atoms with Crippen LogP contribution in [0.25, 0.3) is 0 Å². The zero-order valence-electron chi connectivity index (χ0n) is 6.67. The van der Waals surface area contributed by atoms with E-state index in [9.17, 15) is 5.11 Å². The third-order valence-electron chi connectivity index (χ3n) is 1.91. The van der Waals surface area contributed by atoms with Gasteiger partial charge >= 0.3 is 0 Å². The third-order valence-corrected chi connectivity index (χ3v) is 1.91. The second kappa shape index (κ2) is 3.17. The highest BCUT2D eigenvalue weighted by Crippen LogP contribution is 2.10. The van der Waals surface area contributed by atoms with Gasteiger partial charge in [-0.05, 0) is 26.0 Å². The van der Waals surface area contributed by atoms with Crippen LogP contribution in [-0.4, -0.2) is 36.2 Å². The molecule has 0 bridgehead atoms. The third kappa shape index (κ3) is 1.82. The van der Waals surface area contributed by atoms with Crippen LogP contribution in [-0.2, 0) is 0 Å². The average Bonchev–Trinajstić information content (AvgIpc) is 1.88. The number of aliphatic hydroxyl groups is 1. The molecule has 0 saturated heterocycles. The standard InChI is InChI=1S/C8H15NO/c1-7(10)8-4-3-5-9(2)6-8/h4,7,10H,3,5-6H2,1-2H3/t7-/m0/s1. The number of hydrogen-bond donors (Lipinski definition) is 1. The summed E-state index contributed by atoms with van der Waals surface area (Å²) in [5.41, 5.74) is 1.16. The largest absolute Gasteiger partial charge is 0.389 e. The van der Waals surface area contributed by atoms with E-state index in [0.717, 1.165) is 25.1 Å². The van der Waals surface area contributed by atoms with Crippen LogP contribution in [0.1, 0.15) is 13.3 Å². The predicted molar refractivity (Wildman–Crippen MR) is 41.9 cm³/mol. The zero-order valence-corrected chi connectivity index (χ0v) is 6.67. The van der Waals surface area contributed by atoms with E-state index in [4.69, 9.17) is 0 Å². The fraction of sp³-hybridized carbons (Fsp3) is 0.750. The van der Waals surface area contributed by atoms with E-state index in [-0.39, 0.29) is 6.10 Å². The minimum absolute atomic E-state index is 0.261. The quantitative estimate of drug-likeness (QED) is 0.541. The Hall–Kier alpha value is -0.340. The highest BCUT2D eigenvalue weighted by Gasteiger charge is 2.11. The molecule has 0 aromatic rings. The van der Waals surface area contributed by atoms with Crippen LogP contribution < -0.4 is 0 Å². The normalized spacial score (nSPS) is 24.1. The van der Waals surface area contributed by atoms with Gasteiger partial charge in [-0.15, -0.1) is 0 Å². The van der Waals surface area contributed by atoms with Crippen LogP contribution in [0.3, 0.4) is 0 Å². The molecule has 0 aromatic carbocycles. The van der Waals surface area contributed by atoms with E-state index in [2.05, 4.69) is 18.0 Å². The highest BCUT2D eigenvalue weighted by atomic mass is 16.3. The van der Waals surface area contributed by atoms with Gasteiger partial charge in [-0.25, -0.2) is 0 Å². The lowest BCUT2D eigenvalue weighted by Crippen LogP contribution is -2.29. The molecule has 1 aliphatic heterocycles. The zero-order chi connectivity index (χ0) is 7.56. The van der Waals surface area contributed by atoms with E-state index >= 15 is 0 Å².